The lowest BCUT2D eigenvalue weighted by Crippen LogP contribution is -2.36. The number of hydrazine groups is 1. The normalized spacial score (nSPS) is 12.1. The van der Waals surface area contributed by atoms with Crippen LogP contribution in [0.15, 0.2) is 47.4 Å². The molecule has 140 valence electrons. The largest absolute Gasteiger partial charge is 0.506 e. The number of phenols is 1. The first kappa shape index (κ1) is 20.4. The molecule has 2 rings (SSSR count). The van der Waals surface area contributed by atoms with E-state index in [1.54, 1.807) is 25.1 Å². The molecular formula is C17H18Cl2N2O4S. The number of benzene rings is 2. The zero-order chi connectivity index (χ0) is 19.3. The lowest BCUT2D eigenvalue weighted by Gasteiger charge is -2.15. The van der Waals surface area contributed by atoms with Gasteiger partial charge in [-0.05, 0) is 50.2 Å². The highest BCUT2D eigenvalue weighted by atomic mass is 35.5. The molecule has 0 saturated carbocycles. The summed E-state index contributed by atoms with van der Waals surface area (Å²) in [6, 6.07) is 8.85. The van der Waals surface area contributed by atoms with E-state index < -0.39 is 10.0 Å². The Balaban J connectivity index is 2.20. The Morgan fingerprint density at radius 2 is 1.88 bits per heavy atom. The number of hydrogen-bond donors (Lipinski definition) is 3. The van der Waals surface area contributed by atoms with Crippen LogP contribution >= 0.6 is 23.2 Å². The first-order valence-electron chi connectivity index (χ1n) is 7.64. The molecule has 0 heterocycles. The molecule has 0 aliphatic carbocycles. The number of rotatable bonds is 7. The minimum atomic E-state index is -3.84. The van der Waals surface area contributed by atoms with Gasteiger partial charge in [0.1, 0.15) is 11.5 Å². The van der Waals surface area contributed by atoms with Crippen molar-refractivity contribution in [3.8, 4) is 11.5 Å². The highest BCUT2D eigenvalue weighted by molar-refractivity contribution is 7.89. The van der Waals surface area contributed by atoms with Gasteiger partial charge in [0.2, 0.25) is 0 Å². The summed E-state index contributed by atoms with van der Waals surface area (Å²) in [6.07, 6.45) is 1.57. The van der Waals surface area contributed by atoms with E-state index >= 15 is 0 Å². The molecule has 6 nitrogen and oxygen atoms in total. The monoisotopic (exact) mass is 416 g/mol. The van der Waals surface area contributed by atoms with Gasteiger partial charge in [0.25, 0.3) is 10.0 Å². The van der Waals surface area contributed by atoms with Crippen LogP contribution in [0.5, 0.6) is 11.5 Å². The summed E-state index contributed by atoms with van der Waals surface area (Å²) in [5, 5.41) is 10.5. The zero-order valence-corrected chi connectivity index (χ0v) is 16.4. The molecule has 0 atom stereocenters. The minimum Gasteiger partial charge on any atom is -0.506 e. The molecular weight excluding hydrogens is 399 g/mol. The second-order valence-corrected chi connectivity index (χ2v) is 7.65. The van der Waals surface area contributed by atoms with Gasteiger partial charge < -0.3 is 15.3 Å². The number of ether oxygens (including phenoxy) is 1. The molecule has 0 aliphatic rings. The van der Waals surface area contributed by atoms with Crippen LogP contribution in [0.2, 0.25) is 10.0 Å². The zero-order valence-electron chi connectivity index (χ0n) is 14.1. The molecule has 0 radical (unpaired) electrons. The Bertz CT molecular complexity index is 913. The summed E-state index contributed by atoms with van der Waals surface area (Å²) < 4.78 is 30.1. The molecule has 9 heteroatoms. The maximum absolute atomic E-state index is 12.4. The first-order valence-corrected chi connectivity index (χ1v) is 9.87. The molecule has 0 amide bonds. The summed E-state index contributed by atoms with van der Waals surface area (Å²) in [7, 11) is -3.84. The molecule has 2 aromatic carbocycles. The number of sulfonamides is 1. The average molecular weight is 417 g/mol. The van der Waals surface area contributed by atoms with Crippen LogP contribution in [0.1, 0.15) is 19.4 Å². The lowest BCUT2D eigenvalue weighted by molar-refractivity contribution is 0.340. The van der Waals surface area contributed by atoms with Gasteiger partial charge in [-0.3, -0.25) is 0 Å². The van der Waals surface area contributed by atoms with Crippen LogP contribution < -0.4 is 15.0 Å². The smallest absolute Gasteiger partial charge is 0.257 e. The summed E-state index contributed by atoms with van der Waals surface area (Å²) >= 11 is 11.9. The average Bonchev–Trinajstić information content (AvgIpc) is 2.60. The van der Waals surface area contributed by atoms with Crippen molar-refractivity contribution in [2.75, 3.05) is 6.61 Å². The fourth-order valence-corrected chi connectivity index (χ4v) is 3.48. The highest BCUT2D eigenvalue weighted by Crippen LogP contribution is 2.34. The Kier molecular flexibility index (Phi) is 6.77. The van der Waals surface area contributed by atoms with Crippen molar-refractivity contribution in [3.05, 3.63) is 58.1 Å². The van der Waals surface area contributed by atoms with E-state index in [4.69, 9.17) is 27.9 Å². The van der Waals surface area contributed by atoms with Gasteiger partial charge >= 0.3 is 0 Å². The van der Waals surface area contributed by atoms with E-state index in [1.807, 2.05) is 6.92 Å². The highest BCUT2D eigenvalue weighted by Gasteiger charge is 2.17. The molecule has 0 fully saturated rings. The van der Waals surface area contributed by atoms with E-state index in [0.717, 1.165) is 0 Å². The van der Waals surface area contributed by atoms with Crippen LogP contribution in [0.25, 0.3) is 5.70 Å². The third-order valence-corrected chi connectivity index (χ3v) is 5.14. The van der Waals surface area contributed by atoms with E-state index in [9.17, 15) is 13.5 Å². The third-order valence-electron chi connectivity index (χ3n) is 3.37. The molecule has 0 spiro atoms. The van der Waals surface area contributed by atoms with Gasteiger partial charge in [0.15, 0.2) is 0 Å². The Morgan fingerprint density at radius 1 is 1.23 bits per heavy atom. The number of hydrogen-bond acceptors (Lipinski definition) is 5. The summed E-state index contributed by atoms with van der Waals surface area (Å²) in [4.78, 5) is 2.31. The molecule has 0 unspecified atom stereocenters. The van der Waals surface area contributed by atoms with Crippen LogP contribution in [0.4, 0.5) is 0 Å². The molecule has 0 aromatic heterocycles. The molecule has 0 aliphatic heterocycles. The second-order valence-electron chi connectivity index (χ2n) is 5.12. The number of halogens is 2. The van der Waals surface area contributed by atoms with Gasteiger partial charge in [0.05, 0.1) is 22.2 Å². The minimum absolute atomic E-state index is 0.0530. The van der Waals surface area contributed by atoms with Crippen molar-refractivity contribution in [2.45, 2.75) is 18.7 Å². The van der Waals surface area contributed by atoms with Crippen molar-refractivity contribution < 1.29 is 18.3 Å². The van der Waals surface area contributed by atoms with Gasteiger partial charge in [-0.25, -0.2) is 8.42 Å². The van der Waals surface area contributed by atoms with E-state index in [-0.39, 0.29) is 21.2 Å². The van der Waals surface area contributed by atoms with Crippen LogP contribution in [-0.2, 0) is 10.0 Å². The number of phenolic OH excluding ortho intramolecular Hbond substituents is 1. The topological polar surface area (TPSA) is 87.7 Å². The second kappa shape index (κ2) is 8.64. The third kappa shape index (κ3) is 4.82. The predicted molar refractivity (Wildman–Crippen MR) is 103 cm³/mol. The van der Waals surface area contributed by atoms with E-state index in [1.165, 1.54) is 24.3 Å². The molecule has 2 aromatic rings. The van der Waals surface area contributed by atoms with E-state index in [0.29, 0.717) is 23.1 Å². The quantitative estimate of drug-likeness (QED) is 0.594. The Morgan fingerprint density at radius 3 is 2.46 bits per heavy atom. The molecule has 0 bridgehead atoms. The van der Waals surface area contributed by atoms with Crippen LogP contribution in [-0.4, -0.2) is 20.1 Å². The predicted octanol–water partition coefficient (Wildman–Crippen LogP) is 3.94. The van der Waals surface area contributed by atoms with Crippen LogP contribution in [0, 0.1) is 0 Å². The Labute approximate surface area is 162 Å². The summed E-state index contributed by atoms with van der Waals surface area (Å²) in [6.45, 7) is 4.00. The standard InChI is InChI=1S/C17H18Cl2N2O4S/c1-3-16(14-9-11(18)10-15(19)17(14)22)20-21-26(23,24)13-7-5-12(6-8-13)25-4-2/h3,5-10,20-22H,4H2,1-2H3/b16-3+. The van der Waals surface area contributed by atoms with Crippen molar-refractivity contribution >= 4 is 38.9 Å². The SMILES string of the molecule is C/C=C(/NNS(=O)(=O)c1ccc(OCC)cc1)c1cc(Cl)cc(Cl)c1O. The summed E-state index contributed by atoms with van der Waals surface area (Å²) in [5.74, 6) is 0.365. The van der Waals surface area contributed by atoms with Gasteiger partial charge in [-0.15, -0.1) is 4.83 Å². The lowest BCUT2D eigenvalue weighted by atomic mass is 10.1. The maximum atomic E-state index is 12.4. The van der Waals surface area contributed by atoms with Crippen molar-refractivity contribution in [3.63, 3.8) is 0 Å². The molecule has 26 heavy (non-hydrogen) atoms. The fraction of sp³-hybridized carbons (Fsp3) is 0.176. The number of aromatic hydroxyl groups is 1. The molecule has 3 N–H and O–H groups in total. The van der Waals surface area contributed by atoms with Crippen LogP contribution in [0.3, 0.4) is 0 Å². The van der Waals surface area contributed by atoms with Gasteiger partial charge in [-0.1, -0.05) is 29.3 Å². The fourth-order valence-electron chi connectivity index (χ4n) is 2.13. The maximum Gasteiger partial charge on any atom is 0.257 e. The Hall–Kier alpha value is -1.93. The van der Waals surface area contributed by atoms with Gasteiger partial charge in [-0.2, -0.15) is 0 Å². The van der Waals surface area contributed by atoms with Crippen molar-refractivity contribution in [1.29, 1.82) is 0 Å². The number of allylic oxidation sites excluding steroid dienone is 1. The first-order chi connectivity index (χ1) is 12.3. The van der Waals surface area contributed by atoms with Crippen molar-refractivity contribution in [1.82, 2.24) is 10.3 Å². The molecule has 0 saturated heterocycles. The van der Waals surface area contributed by atoms with E-state index in [2.05, 4.69) is 10.3 Å². The van der Waals surface area contributed by atoms with Crippen molar-refractivity contribution in [2.24, 2.45) is 0 Å². The summed E-state index contributed by atoms with van der Waals surface area (Å²) in [5.41, 5.74) is 3.13. The number of nitrogens with one attached hydrogen (secondary N) is 2. The van der Waals surface area contributed by atoms with Gasteiger partial charge in [0, 0.05) is 10.6 Å².